The van der Waals surface area contributed by atoms with Gasteiger partial charge < -0.3 is 5.32 Å². The van der Waals surface area contributed by atoms with Crippen molar-refractivity contribution in [2.24, 2.45) is 5.92 Å². The maximum absolute atomic E-state index is 12.9. The van der Waals surface area contributed by atoms with Gasteiger partial charge in [0, 0.05) is 5.92 Å². The molecular weight excluding hydrogens is 350 g/mol. The average molecular weight is 375 g/mol. The van der Waals surface area contributed by atoms with E-state index in [9.17, 15) is 13.2 Å². The Morgan fingerprint density at radius 3 is 2.19 bits per heavy atom. The van der Waals surface area contributed by atoms with Crippen LogP contribution >= 0.6 is 0 Å². The first-order chi connectivity index (χ1) is 12.4. The van der Waals surface area contributed by atoms with Crippen LogP contribution in [0.25, 0.3) is 0 Å². The SMILES string of the molecule is CCC(C(=O)Nc1ccccc1S(=O)(=O)OC)C(CC)c1ccccc1. The van der Waals surface area contributed by atoms with E-state index in [1.54, 1.807) is 18.2 Å². The molecule has 0 aliphatic heterocycles. The van der Waals surface area contributed by atoms with Gasteiger partial charge in [0.1, 0.15) is 4.90 Å². The Kier molecular flexibility index (Phi) is 6.94. The van der Waals surface area contributed by atoms with Crippen molar-refractivity contribution in [1.29, 1.82) is 0 Å². The van der Waals surface area contributed by atoms with Crippen molar-refractivity contribution >= 4 is 21.7 Å². The standard InChI is InChI=1S/C20H25NO4S/c1-4-16(15-11-7-6-8-12-15)17(5-2)20(22)21-18-13-9-10-14-19(18)26(23,24)25-3/h6-14,16-17H,4-5H2,1-3H3,(H,21,22). The van der Waals surface area contributed by atoms with Gasteiger partial charge in [0.05, 0.1) is 12.8 Å². The summed E-state index contributed by atoms with van der Waals surface area (Å²) in [7, 11) is -2.80. The maximum Gasteiger partial charge on any atom is 0.298 e. The van der Waals surface area contributed by atoms with Crippen molar-refractivity contribution in [3.05, 3.63) is 60.2 Å². The van der Waals surface area contributed by atoms with Crippen molar-refractivity contribution in [3.63, 3.8) is 0 Å². The first kappa shape index (κ1) is 20.1. The third-order valence-corrected chi connectivity index (χ3v) is 5.90. The predicted molar refractivity (Wildman–Crippen MR) is 103 cm³/mol. The fourth-order valence-electron chi connectivity index (χ4n) is 3.21. The van der Waals surface area contributed by atoms with Crippen molar-refractivity contribution in [2.75, 3.05) is 12.4 Å². The molecule has 5 nitrogen and oxygen atoms in total. The van der Waals surface area contributed by atoms with Crippen LogP contribution in [-0.4, -0.2) is 21.4 Å². The van der Waals surface area contributed by atoms with E-state index in [1.165, 1.54) is 6.07 Å². The van der Waals surface area contributed by atoms with Gasteiger partial charge in [0.25, 0.3) is 10.1 Å². The fourth-order valence-corrected chi connectivity index (χ4v) is 4.02. The molecule has 2 aromatic rings. The molecule has 2 rings (SSSR count). The van der Waals surface area contributed by atoms with Gasteiger partial charge in [-0.3, -0.25) is 8.98 Å². The third kappa shape index (κ3) is 4.51. The average Bonchev–Trinajstić information content (AvgIpc) is 2.66. The smallest absolute Gasteiger partial charge is 0.298 e. The minimum atomic E-state index is -3.90. The minimum absolute atomic E-state index is 0.0431. The lowest BCUT2D eigenvalue weighted by Crippen LogP contribution is -2.28. The van der Waals surface area contributed by atoms with Gasteiger partial charge >= 0.3 is 0 Å². The Morgan fingerprint density at radius 2 is 1.62 bits per heavy atom. The molecule has 1 amide bonds. The van der Waals surface area contributed by atoms with Gasteiger partial charge in [-0.2, -0.15) is 8.42 Å². The molecule has 2 atom stereocenters. The van der Waals surface area contributed by atoms with Gasteiger partial charge in [-0.1, -0.05) is 56.3 Å². The van der Waals surface area contributed by atoms with E-state index in [0.717, 1.165) is 19.1 Å². The predicted octanol–water partition coefficient (Wildman–Crippen LogP) is 4.18. The molecule has 0 aliphatic carbocycles. The molecular formula is C20H25NO4S. The molecule has 0 saturated heterocycles. The summed E-state index contributed by atoms with van der Waals surface area (Å²) in [6.45, 7) is 4.02. The molecule has 0 heterocycles. The van der Waals surface area contributed by atoms with Crippen molar-refractivity contribution in [3.8, 4) is 0 Å². The molecule has 0 bridgehead atoms. The zero-order valence-corrected chi connectivity index (χ0v) is 16.1. The van der Waals surface area contributed by atoms with Crippen LogP contribution in [0.3, 0.4) is 0 Å². The van der Waals surface area contributed by atoms with E-state index in [-0.39, 0.29) is 28.3 Å². The Bertz CT molecular complexity index is 834. The summed E-state index contributed by atoms with van der Waals surface area (Å²) < 4.78 is 28.8. The normalized spacial score (nSPS) is 13.8. The molecule has 0 aliphatic rings. The maximum atomic E-state index is 12.9. The fraction of sp³-hybridized carbons (Fsp3) is 0.350. The number of carbonyl (C=O) groups is 1. The highest BCUT2D eigenvalue weighted by atomic mass is 32.2. The van der Waals surface area contributed by atoms with E-state index in [2.05, 4.69) is 16.4 Å². The van der Waals surface area contributed by atoms with Gasteiger partial charge in [-0.25, -0.2) is 0 Å². The number of anilines is 1. The molecule has 0 radical (unpaired) electrons. The van der Waals surface area contributed by atoms with E-state index >= 15 is 0 Å². The lowest BCUT2D eigenvalue weighted by Gasteiger charge is -2.25. The monoisotopic (exact) mass is 375 g/mol. The highest BCUT2D eigenvalue weighted by Gasteiger charge is 2.28. The summed E-state index contributed by atoms with van der Waals surface area (Å²) in [5.41, 5.74) is 1.34. The molecule has 0 aromatic heterocycles. The Balaban J connectivity index is 2.31. The van der Waals surface area contributed by atoms with E-state index in [1.807, 2.05) is 37.3 Å². The second-order valence-electron chi connectivity index (χ2n) is 6.05. The zero-order chi connectivity index (χ0) is 19.2. The van der Waals surface area contributed by atoms with Gasteiger partial charge in [0.2, 0.25) is 5.91 Å². The Labute approximate surface area is 155 Å². The summed E-state index contributed by atoms with van der Waals surface area (Å²) in [5.74, 6) is -0.393. The second kappa shape index (κ2) is 8.96. The molecule has 0 spiro atoms. The number of hydrogen-bond acceptors (Lipinski definition) is 4. The topological polar surface area (TPSA) is 72.5 Å². The van der Waals surface area contributed by atoms with Crippen LogP contribution in [0, 0.1) is 5.92 Å². The molecule has 1 N–H and O–H groups in total. The number of rotatable bonds is 8. The summed E-state index contributed by atoms with van der Waals surface area (Å²) >= 11 is 0. The number of benzene rings is 2. The van der Waals surface area contributed by atoms with Gasteiger partial charge in [-0.05, 0) is 36.5 Å². The summed E-state index contributed by atoms with van der Waals surface area (Å²) in [4.78, 5) is 12.9. The number of hydrogen-bond donors (Lipinski definition) is 1. The number of carbonyl (C=O) groups excluding carboxylic acids is 1. The van der Waals surface area contributed by atoms with E-state index in [0.29, 0.717) is 6.42 Å². The number of para-hydroxylation sites is 1. The summed E-state index contributed by atoms with van der Waals surface area (Å²) in [6.07, 6.45) is 1.46. The molecule has 140 valence electrons. The van der Waals surface area contributed by atoms with Crippen LogP contribution in [0.4, 0.5) is 5.69 Å². The number of amides is 1. The highest BCUT2D eigenvalue weighted by molar-refractivity contribution is 7.87. The van der Waals surface area contributed by atoms with Gasteiger partial charge in [0.15, 0.2) is 0 Å². The van der Waals surface area contributed by atoms with Crippen LogP contribution in [0.5, 0.6) is 0 Å². The highest BCUT2D eigenvalue weighted by Crippen LogP contribution is 2.32. The zero-order valence-electron chi connectivity index (χ0n) is 15.3. The first-order valence-electron chi connectivity index (χ1n) is 8.70. The van der Waals surface area contributed by atoms with Gasteiger partial charge in [-0.15, -0.1) is 0 Å². The van der Waals surface area contributed by atoms with Crippen LogP contribution in [0.2, 0.25) is 0 Å². The van der Waals surface area contributed by atoms with E-state index < -0.39 is 10.1 Å². The third-order valence-electron chi connectivity index (χ3n) is 4.56. The lowest BCUT2D eigenvalue weighted by atomic mass is 9.82. The quantitative estimate of drug-likeness (QED) is 0.703. The van der Waals surface area contributed by atoms with Crippen LogP contribution in [-0.2, 0) is 19.1 Å². The molecule has 2 unspecified atom stereocenters. The Morgan fingerprint density at radius 1 is 1.00 bits per heavy atom. The molecule has 26 heavy (non-hydrogen) atoms. The molecule has 6 heteroatoms. The van der Waals surface area contributed by atoms with Crippen LogP contribution in [0.15, 0.2) is 59.5 Å². The van der Waals surface area contributed by atoms with Crippen molar-refractivity contribution in [2.45, 2.75) is 37.5 Å². The summed E-state index contributed by atoms with van der Waals surface area (Å²) in [5, 5.41) is 2.79. The largest absolute Gasteiger partial charge is 0.325 e. The van der Waals surface area contributed by atoms with Crippen molar-refractivity contribution < 1.29 is 17.4 Å². The second-order valence-corrected chi connectivity index (χ2v) is 7.73. The van der Waals surface area contributed by atoms with Crippen LogP contribution < -0.4 is 5.32 Å². The minimum Gasteiger partial charge on any atom is -0.325 e. The summed E-state index contributed by atoms with van der Waals surface area (Å²) in [6, 6.07) is 16.2. The Hall–Kier alpha value is -2.18. The van der Waals surface area contributed by atoms with Crippen LogP contribution in [0.1, 0.15) is 38.2 Å². The van der Waals surface area contributed by atoms with Crippen molar-refractivity contribution in [1.82, 2.24) is 0 Å². The van der Waals surface area contributed by atoms with E-state index in [4.69, 9.17) is 0 Å². The molecule has 0 saturated carbocycles. The first-order valence-corrected chi connectivity index (χ1v) is 10.1. The number of nitrogens with one attached hydrogen (secondary N) is 1. The molecule has 0 fully saturated rings. The lowest BCUT2D eigenvalue weighted by molar-refractivity contribution is -0.120. The molecule has 2 aromatic carbocycles.